The van der Waals surface area contributed by atoms with Gasteiger partial charge in [0.15, 0.2) is 11.6 Å². The van der Waals surface area contributed by atoms with Crippen molar-refractivity contribution in [3.8, 4) is 11.8 Å². The summed E-state index contributed by atoms with van der Waals surface area (Å²) in [4.78, 5) is 12.9. The van der Waals surface area contributed by atoms with Crippen LogP contribution < -0.4 is 5.32 Å². The highest BCUT2D eigenvalue weighted by Gasteiger charge is 2.19. The minimum atomic E-state index is -0.469. The highest BCUT2D eigenvalue weighted by Crippen LogP contribution is 2.39. The summed E-state index contributed by atoms with van der Waals surface area (Å²) in [6, 6.07) is 18.3. The number of hydrogen-bond acceptors (Lipinski definition) is 6. The topological polar surface area (TPSA) is 127 Å². The summed E-state index contributed by atoms with van der Waals surface area (Å²) >= 11 is 0. The van der Waals surface area contributed by atoms with Crippen LogP contribution in [-0.2, 0) is 6.42 Å². The van der Waals surface area contributed by atoms with Crippen molar-refractivity contribution in [2.45, 2.75) is 13.3 Å². The molecule has 0 bridgehead atoms. The fraction of sp³-hybridized carbons (Fsp3) is 0.0870. The molecule has 0 saturated heterocycles. The zero-order valence-corrected chi connectivity index (χ0v) is 16.6. The fourth-order valence-corrected chi connectivity index (χ4v) is 3.15. The van der Waals surface area contributed by atoms with Gasteiger partial charge in [0.25, 0.3) is 5.91 Å². The largest absolute Gasteiger partial charge is 0.505 e. The van der Waals surface area contributed by atoms with Crippen molar-refractivity contribution >= 4 is 33.9 Å². The molecule has 0 fully saturated rings. The second-order valence-electron chi connectivity index (χ2n) is 6.79. The lowest BCUT2D eigenvalue weighted by Gasteiger charge is -2.11. The number of carbonyl (C=O) groups excluding carboxylic acids is 1. The maximum absolute atomic E-state index is 12.9. The summed E-state index contributed by atoms with van der Waals surface area (Å²) in [5, 5.41) is 38.6. The summed E-state index contributed by atoms with van der Waals surface area (Å²) in [6.45, 7) is 2.06. The summed E-state index contributed by atoms with van der Waals surface area (Å²) in [5.41, 5.74) is 2.19. The number of nitriles is 1. The molecule has 3 N–H and O–H groups in total. The van der Waals surface area contributed by atoms with Crippen molar-refractivity contribution in [2.75, 3.05) is 5.32 Å². The molecule has 1 aromatic heterocycles. The van der Waals surface area contributed by atoms with Gasteiger partial charge in [0.2, 0.25) is 0 Å². The van der Waals surface area contributed by atoms with E-state index in [1.807, 2.05) is 42.5 Å². The van der Waals surface area contributed by atoms with E-state index in [4.69, 9.17) is 5.26 Å². The van der Waals surface area contributed by atoms with Crippen molar-refractivity contribution in [2.24, 2.45) is 10.2 Å². The normalized spacial score (nSPS) is 11.0. The molecule has 152 valence electrons. The van der Waals surface area contributed by atoms with Crippen molar-refractivity contribution in [1.29, 1.82) is 5.26 Å². The first-order valence-corrected chi connectivity index (χ1v) is 9.61. The van der Waals surface area contributed by atoms with Gasteiger partial charge < -0.3 is 10.4 Å². The number of nitrogens with zero attached hydrogens (tertiary/aromatic N) is 4. The van der Waals surface area contributed by atoms with Crippen LogP contribution in [0, 0.1) is 11.3 Å². The van der Waals surface area contributed by atoms with E-state index in [-0.39, 0.29) is 28.4 Å². The Bertz CT molecular complexity index is 1330. The van der Waals surface area contributed by atoms with Crippen LogP contribution in [0.1, 0.15) is 28.4 Å². The molecule has 0 aliphatic carbocycles. The number of aromatic hydroxyl groups is 1. The third-order valence-electron chi connectivity index (χ3n) is 4.85. The van der Waals surface area contributed by atoms with E-state index in [0.29, 0.717) is 16.5 Å². The number of aryl methyl sites for hydroxylation is 1. The first-order valence-electron chi connectivity index (χ1n) is 9.61. The van der Waals surface area contributed by atoms with Crippen LogP contribution in [0.25, 0.3) is 10.8 Å². The van der Waals surface area contributed by atoms with Crippen molar-refractivity contribution in [3.05, 3.63) is 77.5 Å². The molecule has 1 amide bonds. The van der Waals surface area contributed by atoms with E-state index in [2.05, 4.69) is 32.7 Å². The lowest BCUT2D eigenvalue weighted by molar-refractivity contribution is 0.102. The SMILES string of the molecule is CCc1ccc(NC(=O)c2cc3ccccc3c(/N=N/c3[nH]ncc3C#N)c2O)cc1. The number of hydrogen-bond donors (Lipinski definition) is 3. The Labute approximate surface area is 177 Å². The average molecular weight is 410 g/mol. The number of benzene rings is 3. The molecule has 8 heteroatoms. The standard InChI is InChI=1S/C23H18N6O2/c1-2-14-7-9-17(10-8-14)26-23(31)19-11-15-5-3-4-6-18(15)20(21(19)30)27-29-22-16(12-24)13-25-28-22/h3-11,13,30H,2H2,1H3,(H,25,28)(H,26,31)/b29-27+. The number of nitrogens with one attached hydrogen (secondary N) is 2. The molecular formula is C23H18N6O2. The van der Waals surface area contributed by atoms with Gasteiger partial charge in [-0.1, -0.05) is 43.3 Å². The van der Waals surface area contributed by atoms with Gasteiger partial charge in [-0.15, -0.1) is 10.2 Å². The summed E-state index contributed by atoms with van der Waals surface area (Å²) in [6.07, 6.45) is 2.23. The molecule has 0 radical (unpaired) electrons. The van der Waals surface area contributed by atoms with Gasteiger partial charge in [-0.25, -0.2) is 0 Å². The van der Waals surface area contributed by atoms with Crippen molar-refractivity contribution < 1.29 is 9.90 Å². The molecule has 0 aliphatic heterocycles. The molecule has 3 aromatic carbocycles. The molecule has 0 saturated carbocycles. The number of azo groups is 1. The number of phenolic OH excluding ortho intramolecular Hbond substituents is 1. The van der Waals surface area contributed by atoms with E-state index in [0.717, 1.165) is 12.0 Å². The van der Waals surface area contributed by atoms with Gasteiger partial charge in [-0.2, -0.15) is 10.4 Å². The number of aromatic amines is 1. The summed E-state index contributed by atoms with van der Waals surface area (Å²) < 4.78 is 0. The Balaban J connectivity index is 1.75. The number of fused-ring (bicyclic) bond motifs is 1. The maximum atomic E-state index is 12.9. The highest BCUT2D eigenvalue weighted by molar-refractivity contribution is 6.11. The van der Waals surface area contributed by atoms with E-state index in [9.17, 15) is 9.90 Å². The second-order valence-corrected chi connectivity index (χ2v) is 6.79. The van der Waals surface area contributed by atoms with Crippen LogP contribution in [0.2, 0.25) is 0 Å². The van der Waals surface area contributed by atoms with E-state index < -0.39 is 5.91 Å². The Morgan fingerprint density at radius 2 is 1.97 bits per heavy atom. The Morgan fingerprint density at radius 1 is 1.19 bits per heavy atom. The molecule has 0 aliphatic rings. The van der Waals surface area contributed by atoms with Gasteiger partial charge >= 0.3 is 0 Å². The Kier molecular flexibility index (Phi) is 5.41. The predicted octanol–water partition coefficient (Wildman–Crippen LogP) is 5.37. The predicted molar refractivity (Wildman–Crippen MR) is 117 cm³/mol. The number of carbonyl (C=O) groups is 1. The number of rotatable bonds is 5. The first kappa shape index (κ1) is 19.8. The molecule has 1 heterocycles. The average Bonchev–Trinajstić information content (AvgIpc) is 3.26. The molecule has 8 nitrogen and oxygen atoms in total. The molecule has 0 unspecified atom stereocenters. The van der Waals surface area contributed by atoms with Gasteiger partial charge in [0, 0.05) is 11.1 Å². The smallest absolute Gasteiger partial charge is 0.259 e. The Hall–Kier alpha value is -4.51. The van der Waals surface area contributed by atoms with Gasteiger partial charge in [-0.05, 0) is 35.6 Å². The van der Waals surface area contributed by atoms with Crippen molar-refractivity contribution in [3.63, 3.8) is 0 Å². The number of aromatic nitrogens is 2. The van der Waals surface area contributed by atoms with E-state index >= 15 is 0 Å². The molecular weight excluding hydrogens is 392 g/mol. The van der Waals surface area contributed by atoms with E-state index in [1.54, 1.807) is 18.2 Å². The quantitative estimate of drug-likeness (QED) is 0.382. The first-order chi connectivity index (χ1) is 15.1. The Morgan fingerprint density at radius 3 is 2.71 bits per heavy atom. The zero-order chi connectivity index (χ0) is 21.8. The monoisotopic (exact) mass is 410 g/mol. The number of phenols is 1. The van der Waals surface area contributed by atoms with Gasteiger partial charge in [0.1, 0.15) is 17.3 Å². The van der Waals surface area contributed by atoms with Crippen LogP contribution in [0.3, 0.4) is 0 Å². The third kappa shape index (κ3) is 3.97. The number of amides is 1. The molecule has 0 spiro atoms. The number of H-pyrrole nitrogens is 1. The zero-order valence-electron chi connectivity index (χ0n) is 16.6. The molecule has 31 heavy (non-hydrogen) atoms. The fourth-order valence-electron chi connectivity index (χ4n) is 3.15. The van der Waals surface area contributed by atoms with Gasteiger partial charge in [-0.3, -0.25) is 9.89 Å². The highest BCUT2D eigenvalue weighted by atomic mass is 16.3. The lowest BCUT2D eigenvalue weighted by Crippen LogP contribution is -2.12. The molecule has 4 rings (SSSR count). The van der Waals surface area contributed by atoms with Crippen molar-refractivity contribution in [1.82, 2.24) is 10.2 Å². The van der Waals surface area contributed by atoms with Crippen LogP contribution in [0.5, 0.6) is 5.75 Å². The van der Waals surface area contributed by atoms with E-state index in [1.165, 1.54) is 6.20 Å². The van der Waals surface area contributed by atoms with Crippen LogP contribution >= 0.6 is 0 Å². The van der Waals surface area contributed by atoms with Gasteiger partial charge in [0.05, 0.1) is 11.8 Å². The summed E-state index contributed by atoms with van der Waals surface area (Å²) in [5.74, 6) is -0.608. The summed E-state index contributed by atoms with van der Waals surface area (Å²) in [7, 11) is 0. The minimum Gasteiger partial charge on any atom is -0.505 e. The molecule has 4 aromatic rings. The second kappa shape index (κ2) is 8.47. The van der Waals surface area contributed by atoms with Crippen LogP contribution in [0.15, 0.2) is 71.0 Å². The van der Waals surface area contributed by atoms with Crippen LogP contribution in [0.4, 0.5) is 17.2 Å². The maximum Gasteiger partial charge on any atom is 0.259 e. The lowest BCUT2D eigenvalue weighted by atomic mass is 10.0. The minimum absolute atomic E-state index is 0.0670. The molecule has 0 atom stereocenters. The van der Waals surface area contributed by atoms with Crippen LogP contribution in [-0.4, -0.2) is 21.2 Å². The third-order valence-corrected chi connectivity index (χ3v) is 4.85. The number of anilines is 1.